The maximum absolute atomic E-state index is 12.8. The highest BCUT2D eigenvalue weighted by molar-refractivity contribution is 6.06. The van der Waals surface area contributed by atoms with E-state index in [1.165, 1.54) is 0 Å². The first-order chi connectivity index (χ1) is 16.5. The van der Waals surface area contributed by atoms with Crippen LogP contribution < -0.4 is 10.6 Å². The lowest BCUT2D eigenvalue weighted by Gasteiger charge is -2.24. The Morgan fingerprint density at radius 3 is 2.68 bits per heavy atom. The minimum atomic E-state index is -0.872. The number of imidazole rings is 1. The fourth-order valence-corrected chi connectivity index (χ4v) is 4.34. The van der Waals surface area contributed by atoms with E-state index in [2.05, 4.69) is 30.6 Å². The Bertz CT molecular complexity index is 1380. The predicted octanol–water partition coefficient (Wildman–Crippen LogP) is 2.68. The number of fused-ring (bicyclic) bond motifs is 2. The van der Waals surface area contributed by atoms with E-state index in [0.717, 1.165) is 33.8 Å². The van der Waals surface area contributed by atoms with Crippen LogP contribution in [0.5, 0.6) is 0 Å². The third kappa shape index (κ3) is 3.51. The van der Waals surface area contributed by atoms with Crippen molar-refractivity contribution in [2.45, 2.75) is 32.9 Å². The molecule has 2 N–H and O–H groups in total. The molecule has 0 saturated heterocycles. The van der Waals surface area contributed by atoms with Crippen LogP contribution in [0.25, 0.3) is 33.8 Å². The quantitative estimate of drug-likeness (QED) is 0.406. The maximum atomic E-state index is 12.8. The second kappa shape index (κ2) is 8.54. The predicted molar refractivity (Wildman–Crippen MR) is 128 cm³/mol. The first kappa shape index (κ1) is 22.1. The molecule has 3 aromatic heterocycles. The average Bonchev–Trinajstić information content (AvgIpc) is 3.34. The summed E-state index contributed by atoms with van der Waals surface area (Å²) in [5, 5.41) is 6.30. The van der Waals surface area contributed by atoms with Crippen LogP contribution in [0.4, 0.5) is 5.69 Å². The van der Waals surface area contributed by atoms with Gasteiger partial charge in [-0.05, 0) is 32.9 Å². The number of amides is 1. The number of methoxy groups -OCH3 is 1. The van der Waals surface area contributed by atoms with Crippen LogP contribution in [0.2, 0.25) is 0 Å². The molecule has 0 aliphatic carbocycles. The van der Waals surface area contributed by atoms with Gasteiger partial charge in [0.25, 0.3) is 0 Å². The number of anilines is 1. The summed E-state index contributed by atoms with van der Waals surface area (Å²) in [7, 11) is 1.64. The summed E-state index contributed by atoms with van der Waals surface area (Å²) < 4.78 is 7.18. The fraction of sp³-hybridized carbons (Fsp3) is 0.333. The molecule has 1 aromatic carbocycles. The van der Waals surface area contributed by atoms with Crippen LogP contribution in [0.3, 0.4) is 0 Å². The van der Waals surface area contributed by atoms with Crippen molar-refractivity contribution in [1.82, 2.24) is 34.8 Å². The number of aromatic nitrogens is 6. The van der Waals surface area contributed by atoms with Crippen molar-refractivity contribution in [1.29, 1.82) is 0 Å². The second-order valence-electron chi connectivity index (χ2n) is 8.35. The molecule has 0 fully saturated rings. The van der Waals surface area contributed by atoms with E-state index in [4.69, 9.17) is 9.72 Å². The topological polar surface area (TPSA) is 120 Å². The van der Waals surface area contributed by atoms with E-state index >= 15 is 0 Å². The zero-order valence-corrected chi connectivity index (χ0v) is 19.6. The normalized spacial score (nSPS) is 17.2. The number of rotatable bonds is 7. The number of benzene rings is 1. The summed E-state index contributed by atoms with van der Waals surface area (Å²) in [6, 6.07) is 5.85. The Kier molecular flexibility index (Phi) is 5.54. The van der Waals surface area contributed by atoms with Crippen LogP contribution in [-0.4, -0.2) is 55.7 Å². The van der Waals surface area contributed by atoms with Crippen LogP contribution in [0.1, 0.15) is 25.2 Å². The van der Waals surface area contributed by atoms with Gasteiger partial charge >= 0.3 is 0 Å². The largest absolute Gasteiger partial charge is 0.383 e. The number of ether oxygens (including phenoxy) is 1. The summed E-state index contributed by atoms with van der Waals surface area (Å²) in [6.07, 6.45) is 5.09. The Labute approximate surface area is 196 Å². The van der Waals surface area contributed by atoms with Gasteiger partial charge in [0.15, 0.2) is 5.65 Å². The average molecular weight is 459 g/mol. The van der Waals surface area contributed by atoms with E-state index < -0.39 is 5.54 Å². The molecule has 1 aliphatic heterocycles. The third-order valence-corrected chi connectivity index (χ3v) is 6.21. The number of carbonyl (C=O) groups is 1. The van der Waals surface area contributed by atoms with Crippen molar-refractivity contribution in [3.05, 3.63) is 48.3 Å². The van der Waals surface area contributed by atoms with Gasteiger partial charge in [-0.2, -0.15) is 0 Å². The van der Waals surface area contributed by atoms with Crippen molar-refractivity contribution in [2.75, 3.05) is 25.6 Å². The Morgan fingerprint density at radius 2 is 1.94 bits per heavy atom. The lowest BCUT2D eigenvalue weighted by atomic mass is 9.91. The third-order valence-electron chi connectivity index (χ3n) is 6.21. The molecule has 4 heterocycles. The van der Waals surface area contributed by atoms with Gasteiger partial charge in [0.05, 0.1) is 12.2 Å². The molecule has 0 spiro atoms. The first-order valence-corrected chi connectivity index (χ1v) is 11.2. The monoisotopic (exact) mass is 458 g/mol. The van der Waals surface area contributed by atoms with Crippen LogP contribution in [-0.2, 0) is 21.6 Å². The van der Waals surface area contributed by atoms with Gasteiger partial charge in [0.2, 0.25) is 5.91 Å². The molecule has 0 saturated carbocycles. The summed E-state index contributed by atoms with van der Waals surface area (Å²) in [5.41, 5.74) is 4.56. The minimum Gasteiger partial charge on any atom is -0.383 e. The highest BCUT2D eigenvalue weighted by Crippen LogP contribution is 2.39. The summed E-state index contributed by atoms with van der Waals surface area (Å²) in [4.78, 5) is 35.5. The smallest absolute Gasteiger partial charge is 0.249 e. The zero-order chi connectivity index (χ0) is 23.9. The van der Waals surface area contributed by atoms with E-state index in [0.29, 0.717) is 36.7 Å². The second-order valence-corrected chi connectivity index (χ2v) is 8.35. The molecular weight excluding hydrogens is 432 g/mol. The summed E-state index contributed by atoms with van der Waals surface area (Å²) >= 11 is 0. The number of nitrogens with zero attached hydrogens (tertiary/aromatic N) is 6. The van der Waals surface area contributed by atoms with Gasteiger partial charge in [-0.25, -0.2) is 24.9 Å². The molecule has 4 aromatic rings. The van der Waals surface area contributed by atoms with Gasteiger partial charge in [-0.1, -0.05) is 6.07 Å². The van der Waals surface area contributed by atoms with Crippen LogP contribution in [0.15, 0.2) is 36.9 Å². The molecule has 10 heteroatoms. The number of nitrogens with one attached hydrogen (secondary N) is 2. The van der Waals surface area contributed by atoms with E-state index in [-0.39, 0.29) is 5.91 Å². The molecule has 174 valence electrons. The van der Waals surface area contributed by atoms with Crippen molar-refractivity contribution >= 4 is 22.8 Å². The lowest BCUT2D eigenvalue weighted by molar-refractivity contribution is -0.121. The molecule has 5 rings (SSSR count). The highest BCUT2D eigenvalue weighted by Gasteiger charge is 2.42. The van der Waals surface area contributed by atoms with Gasteiger partial charge in [-0.15, -0.1) is 0 Å². The van der Waals surface area contributed by atoms with Gasteiger partial charge in [0, 0.05) is 49.4 Å². The van der Waals surface area contributed by atoms with Gasteiger partial charge in [-0.3, -0.25) is 10.1 Å². The van der Waals surface area contributed by atoms with E-state index in [1.54, 1.807) is 25.8 Å². The standard InChI is InChI=1S/C24H26N8O2/c1-5-32-21(16-11-25-14(2)26-12-16)31-20-19(27-13-28-22(20)32)15-6-7-18-17(10-15)24(3,23(33)30-18)29-8-9-34-4/h6-7,10-13,29H,5,8-9H2,1-4H3,(H,30,33)/t24-/m0/s1. The summed E-state index contributed by atoms with van der Waals surface area (Å²) in [6.45, 7) is 7.51. The van der Waals surface area contributed by atoms with Crippen LogP contribution in [0, 0.1) is 6.92 Å². The van der Waals surface area contributed by atoms with Gasteiger partial charge in [0.1, 0.15) is 34.7 Å². The zero-order valence-electron chi connectivity index (χ0n) is 19.6. The Balaban J connectivity index is 1.63. The SMILES string of the molecule is CCn1c(-c2cnc(C)nc2)nc2c(-c3ccc4c(c3)[C@](C)(NCCOC)C(=O)N4)ncnc21. The van der Waals surface area contributed by atoms with E-state index in [9.17, 15) is 4.79 Å². The molecule has 34 heavy (non-hydrogen) atoms. The molecule has 1 aliphatic rings. The molecular formula is C24H26N8O2. The minimum absolute atomic E-state index is 0.0968. The molecule has 0 radical (unpaired) electrons. The molecule has 1 amide bonds. The highest BCUT2D eigenvalue weighted by atomic mass is 16.5. The number of carbonyl (C=O) groups excluding carboxylic acids is 1. The number of hydrogen-bond acceptors (Lipinski definition) is 8. The fourth-order valence-electron chi connectivity index (χ4n) is 4.34. The van der Waals surface area contributed by atoms with Gasteiger partial charge < -0.3 is 14.6 Å². The maximum Gasteiger partial charge on any atom is 0.249 e. The van der Waals surface area contributed by atoms with Crippen molar-refractivity contribution < 1.29 is 9.53 Å². The van der Waals surface area contributed by atoms with Crippen LogP contribution >= 0.6 is 0 Å². The Hall–Kier alpha value is -3.76. The lowest BCUT2D eigenvalue weighted by Crippen LogP contribution is -2.46. The van der Waals surface area contributed by atoms with Crippen molar-refractivity contribution in [2.24, 2.45) is 0 Å². The Morgan fingerprint density at radius 1 is 1.15 bits per heavy atom. The molecule has 0 unspecified atom stereocenters. The molecule has 10 nitrogen and oxygen atoms in total. The summed E-state index contributed by atoms with van der Waals surface area (Å²) in [5.74, 6) is 1.34. The van der Waals surface area contributed by atoms with Crippen molar-refractivity contribution in [3.8, 4) is 22.6 Å². The van der Waals surface area contributed by atoms with Crippen molar-refractivity contribution in [3.63, 3.8) is 0 Å². The van der Waals surface area contributed by atoms with E-state index in [1.807, 2.05) is 43.5 Å². The number of hydrogen-bond donors (Lipinski definition) is 2. The molecule has 0 bridgehead atoms. The number of aryl methyl sites for hydroxylation is 2. The first-order valence-electron chi connectivity index (χ1n) is 11.2. The molecule has 1 atom stereocenters.